The summed E-state index contributed by atoms with van der Waals surface area (Å²) in [6.45, 7) is 4.97. The Bertz CT molecular complexity index is 605. The largest absolute Gasteiger partial charge is 0.370 e. The maximum atomic E-state index is 5.85. The second kappa shape index (κ2) is 6.06. The lowest BCUT2D eigenvalue weighted by Gasteiger charge is -2.08. The predicted octanol–water partition coefficient (Wildman–Crippen LogP) is 3.98. The van der Waals surface area contributed by atoms with E-state index in [1.54, 1.807) is 0 Å². The normalized spacial score (nSPS) is 12.1. The summed E-state index contributed by atoms with van der Waals surface area (Å²) in [5.41, 5.74) is 6.81. The molecule has 0 fully saturated rings. The summed E-state index contributed by atoms with van der Waals surface area (Å²) in [6.07, 6.45) is 0. The number of halogens is 1. The highest BCUT2D eigenvalue weighted by Crippen LogP contribution is 2.22. The molecule has 0 spiro atoms. The van der Waals surface area contributed by atoms with Gasteiger partial charge in [-0.3, -0.25) is 4.99 Å². The molecule has 0 aliphatic heterocycles. The molecule has 2 aromatic rings. The SMILES string of the molecule is CC(C)CN=C(N)Nc1ccc2cc(Br)ccc2c1. The van der Waals surface area contributed by atoms with E-state index in [-0.39, 0.29) is 0 Å². The van der Waals surface area contributed by atoms with Crippen molar-refractivity contribution in [2.24, 2.45) is 16.6 Å². The van der Waals surface area contributed by atoms with E-state index >= 15 is 0 Å². The molecule has 3 nitrogen and oxygen atoms in total. The molecule has 0 unspecified atom stereocenters. The molecule has 0 bridgehead atoms. The summed E-state index contributed by atoms with van der Waals surface area (Å²) in [5.74, 6) is 0.972. The van der Waals surface area contributed by atoms with Crippen LogP contribution in [0.1, 0.15) is 13.8 Å². The molecule has 0 radical (unpaired) electrons. The van der Waals surface area contributed by atoms with Gasteiger partial charge in [-0.15, -0.1) is 0 Å². The minimum atomic E-state index is 0.463. The fraction of sp³-hybridized carbons (Fsp3) is 0.267. The molecular weight excluding hydrogens is 302 g/mol. The monoisotopic (exact) mass is 319 g/mol. The molecule has 4 heteroatoms. The molecular formula is C15H18BrN3. The van der Waals surface area contributed by atoms with E-state index in [0.717, 1.165) is 16.7 Å². The first kappa shape index (κ1) is 13.9. The fourth-order valence-corrected chi connectivity index (χ4v) is 2.14. The minimum Gasteiger partial charge on any atom is -0.370 e. The van der Waals surface area contributed by atoms with E-state index in [9.17, 15) is 0 Å². The lowest BCUT2D eigenvalue weighted by Crippen LogP contribution is -2.23. The number of aliphatic imine (C=N–C) groups is 1. The van der Waals surface area contributed by atoms with Gasteiger partial charge in [0, 0.05) is 16.7 Å². The van der Waals surface area contributed by atoms with Crippen LogP contribution in [0.3, 0.4) is 0 Å². The first-order valence-electron chi connectivity index (χ1n) is 6.31. The Morgan fingerprint density at radius 1 is 1.21 bits per heavy atom. The summed E-state index contributed by atoms with van der Waals surface area (Å²) in [7, 11) is 0. The van der Waals surface area contributed by atoms with Crippen LogP contribution in [-0.4, -0.2) is 12.5 Å². The van der Waals surface area contributed by atoms with Crippen molar-refractivity contribution in [2.75, 3.05) is 11.9 Å². The van der Waals surface area contributed by atoms with Gasteiger partial charge in [0.05, 0.1) is 0 Å². The average molecular weight is 320 g/mol. The molecule has 0 atom stereocenters. The van der Waals surface area contributed by atoms with Gasteiger partial charge in [-0.2, -0.15) is 0 Å². The lowest BCUT2D eigenvalue weighted by atomic mass is 10.1. The summed E-state index contributed by atoms with van der Waals surface area (Å²) >= 11 is 3.47. The Kier molecular flexibility index (Phi) is 4.43. The Labute approximate surface area is 122 Å². The third-order valence-electron chi connectivity index (χ3n) is 2.70. The smallest absolute Gasteiger partial charge is 0.193 e. The number of guanidine groups is 1. The fourth-order valence-electron chi connectivity index (χ4n) is 1.76. The Morgan fingerprint density at radius 3 is 2.63 bits per heavy atom. The third-order valence-corrected chi connectivity index (χ3v) is 3.19. The summed E-state index contributed by atoms with van der Waals surface area (Å²) < 4.78 is 1.08. The van der Waals surface area contributed by atoms with Gasteiger partial charge >= 0.3 is 0 Å². The second-order valence-corrected chi connectivity index (χ2v) is 5.87. The number of fused-ring (bicyclic) bond motifs is 1. The second-order valence-electron chi connectivity index (χ2n) is 4.95. The molecule has 100 valence electrons. The molecule has 0 aliphatic rings. The van der Waals surface area contributed by atoms with E-state index in [2.05, 4.69) is 64.4 Å². The van der Waals surface area contributed by atoms with Crippen molar-refractivity contribution in [2.45, 2.75) is 13.8 Å². The molecule has 0 saturated heterocycles. The summed E-state index contributed by atoms with van der Waals surface area (Å²) in [5, 5.41) is 5.48. The van der Waals surface area contributed by atoms with Crippen LogP contribution in [-0.2, 0) is 0 Å². The van der Waals surface area contributed by atoms with Gasteiger partial charge in [0.2, 0.25) is 0 Å². The van der Waals surface area contributed by atoms with Gasteiger partial charge in [0.15, 0.2) is 5.96 Å². The molecule has 0 saturated carbocycles. The van der Waals surface area contributed by atoms with Crippen LogP contribution in [0.2, 0.25) is 0 Å². The molecule has 3 N–H and O–H groups in total. The standard InChI is InChI=1S/C15H18BrN3/c1-10(2)9-18-15(17)19-14-6-4-11-7-13(16)5-3-12(11)8-14/h3-8,10H,9H2,1-2H3,(H3,17,18,19). The quantitative estimate of drug-likeness (QED) is 0.664. The number of nitrogens with zero attached hydrogens (tertiary/aromatic N) is 1. The third kappa shape index (κ3) is 3.96. The van der Waals surface area contributed by atoms with Gasteiger partial charge in [-0.1, -0.05) is 41.9 Å². The molecule has 0 aliphatic carbocycles. The predicted molar refractivity (Wildman–Crippen MR) is 86.6 cm³/mol. The molecule has 0 heterocycles. The number of nitrogens with one attached hydrogen (secondary N) is 1. The highest BCUT2D eigenvalue weighted by molar-refractivity contribution is 9.10. The maximum Gasteiger partial charge on any atom is 0.193 e. The van der Waals surface area contributed by atoms with Crippen LogP contribution in [0.15, 0.2) is 45.9 Å². The highest BCUT2D eigenvalue weighted by atomic mass is 79.9. The summed E-state index contributed by atoms with van der Waals surface area (Å²) in [4.78, 5) is 4.29. The van der Waals surface area contributed by atoms with Gasteiger partial charge in [-0.05, 0) is 41.0 Å². The zero-order valence-corrected chi connectivity index (χ0v) is 12.7. The van der Waals surface area contributed by atoms with Crippen molar-refractivity contribution in [1.29, 1.82) is 0 Å². The highest BCUT2D eigenvalue weighted by Gasteiger charge is 1.99. The number of hydrogen-bond acceptors (Lipinski definition) is 1. The zero-order chi connectivity index (χ0) is 13.8. The van der Waals surface area contributed by atoms with Gasteiger partial charge < -0.3 is 11.1 Å². The molecule has 0 amide bonds. The van der Waals surface area contributed by atoms with Gasteiger partial charge in [0.25, 0.3) is 0 Å². The van der Waals surface area contributed by atoms with Crippen LogP contribution in [0.25, 0.3) is 10.8 Å². The average Bonchev–Trinajstić information content (AvgIpc) is 2.36. The van der Waals surface area contributed by atoms with Crippen molar-refractivity contribution in [3.63, 3.8) is 0 Å². The zero-order valence-electron chi connectivity index (χ0n) is 11.2. The molecule has 0 aromatic heterocycles. The van der Waals surface area contributed by atoms with E-state index in [4.69, 9.17) is 5.73 Å². The van der Waals surface area contributed by atoms with Crippen molar-refractivity contribution in [3.8, 4) is 0 Å². The van der Waals surface area contributed by atoms with E-state index in [0.29, 0.717) is 11.9 Å². The minimum absolute atomic E-state index is 0.463. The van der Waals surface area contributed by atoms with Crippen LogP contribution in [0, 0.1) is 5.92 Å². The Hall–Kier alpha value is -1.55. The Morgan fingerprint density at radius 2 is 1.89 bits per heavy atom. The van der Waals surface area contributed by atoms with Crippen LogP contribution in [0.4, 0.5) is 5.69 Å². The Balaban J connectivity index is 2.17. The number of rotatable bonds is 3. The van der Waals surface area contributed by atoms with Gasteiger partial charge in [0.1, 0.15) is 0 Å². The first-order valence-corrected chi connectivity index (χ1v) is 7.10. The molecule has 19 heavy (non-hydrogen) atoms. The van der Waals surface area contributed by atoms with Gasteiger partial charge in [-0.25, -0.2) is 0 Å². The van der Waals surface area contributed by atoms with Crippen molar-refractivity contribution in [1.82, 2.24) is 0 Å². The van der Waals surface area contributed by atoms with Crippen molar-refractivity contribution < 1.29 is 0 Å². The van der Waals surface area contributed by atoms with Crippen molar-refractivity contribution in [3.05, 3.63) is 40.9 Å². The molecule has 2 rings (SSSR count). The lowest BCUT2D eigenvalue weighted by molar-refractivity contribution is 0.665. The van der Waals surface area contributed by atoms with Crippen LogP contribution < -0.4 is 11.1 Å². The first-order chi connectivity index (χ1) is 9.04. The number of benzene rings is 2. The molecule has 2 aromatic carbocycles. The maximum absolute atomic E-state index is 5.85. The van der Waals surface area contributed by atoms with E-state index in [1.807, 2.05) is 12.1 Å². The number of hydrogen-bond donors (Lipinski definition) is 2. The van der Waals surface area contributed by atoms with Crippen LogP contribution >= 0.6 is 15.9 Å². The van der Waals surface area contributed by atoms with Crippen LogP contribution in [0.5, 0.6) is 0 Å². The number of anilines is 1. The van der Waals surface area contributed by atoms with E-state index < -0.39 is 0 Å². The summed E-state index contributed by atoms with van der Waals surface area (Å²) in [6, 6.07) is 12.3. The van der Waals surface area contributed by atoms with E-state index in [1.165, 1.54) is 10.8 Å². The number of nitrogens with two attached hydrogens (primary N) is 1. The van der Waals surface area contributed by atoms with Crippen molar-refractivity contribution >= 4 is 38.3 Å². The topological polar surface area (TPSA) is 50.4 Å².